The van der Waals surface area contributed by atoms with E-state index in [1.165, 1.54) is 12.0 Å². The molecule has 1 aromatic rings. The van der Waals surface area contributed by atoms with Crippen molar-refractivity contribution in [2.75, 3.05) is 0 Å². The maximum absolute atomic E-state index is 14.0. The molecule has 2 aliphatic carbocycles. The predicted molar refractivity (Wildman–Crippen MR) is 159 cm³/mol. The SMILES string of the molecule is CCc1cc2c(cc1O)C(C)=CC=CC(C)CC(C)=CCC1CC(CC2=O)CC2(CCC(C)C(CC)O2)C1. The van der Waals surface area contributed by atoms with Gasteiger partial charge in [0.2, 0.25) is 0 Å². The van der Waals surface area contributed by atoms with Crippen LogP contribution in [-0.4, -0.2) is 22.6 Å². The van der Waals surface area contributed by atoms with E-state index in [1.54, 1.807) is 0 Å². The van der Waals surface area contributed by atoms with Gasteiger partial charge in [0, 0.05) is 12.0 Å². The number of hydrogen-bond acceptors (Lipinski definition) is 3. The molecule has 3 nitrogen and oxygen atoms in total. The number of ketones is 1. The Morgan fingerprint density at radius 3 is 2.55 bits per heavy atom. The Morgan fingerprint density at radius 2 is 1.82 bits per heavy atom. The number of allylic oxidation sites excluding steroid dienone is 6. The summed E-state index contributed by atoms with van der Waals surface area (Å²) in [5.41, 5.74) is 4.85. The molecule has 2 bridgehead atoms. The zero-order valence-electron chi connectivity index (χ0n) is 24.7. The summed E-state index contributed by atoms with van der Waals surface area (Å²) in [5, 5.41) is 10.7. The third-order valence-electron chi connectivity index (χ3n) is 9.51. The number of rotatable bonds is 2. The van der Waals surface area contributed by atoms with E-state index in [0.717, 1.165) is 67.2 Å². The minimum Gasteiger partial charge on any atom is -0.508 e. The van der Waals surface area contributed by atoms with Crippen LogP contribution in [0.3, 0.4) is 0 Å². The van der Waals surface area contributed by atoms with E-state index in [1.807, 2.05) is 26.0 Å². The Balaban J connectivity index is 1.73. The Kier molecular flexibility index (Phi) is 9.40. The average Bonchev–Trinajstić information content (AvgIpc) is 2.88. The van der Waals surface area contributed by atoms with Gasteiger partial charge in [0.1, 0.15) is 5.75 Å². The standard InChI is InChI=1S/C35H50O3/c1-7-29-19-31-30(20-32(29)36)25(5)11-9-10-23(3)16-24(4)12-13-27-17-28(18-33(31)37)22-35(21-27)15-14-26(6)34(8-2)38-35/h9-12,19-20,23,26-28,34,36H,7-8,13-18,21-22H2,1-6H3. The molecule has 1 spiro atoms. The molecule has 4 rings (SSSR count). The highest BCUT2D eigenvalue weighted by Gasteiger charge is 2.46. The maximum Gasteiger partial charge on any atom is 0.163 e. The predicted octanol–water partition coefficient (Wildman–Crippen LogP) is 9.24. The number of phenolic OH excluding ortho intramolecular Hbond substituents is 1. The average molecular weight is 519 g/mol. The van der Waals surface area contributed by atoms with Crippen molar-refractivity contribution in [2.45, 2.75) is 117 Å². The van der Waals surface area contributed by atoms with Crippen LogP contribution in [0.5, 0.6) is 5.75 Å². The lowest BCUT2D eigenvalue weighted by Crippen LogP contribution is -2.49. The molecule has 38 heavy (non-hydrogen) atoms. The number of carbonyl (C=O) groups excluding carboxylic acids is 1. The fourth-order valence-corrected chi connectivity index (χ4v) is 7.42. The molecule has 1 saturated carbocycles. The maximum atomic E-state index is 14.0. The van der Waals surface area contributed by atoms with E-state index in [9.17, 15) is 9.90 Å². The van der Waals surface area contributed by atoms with Crippen LogP contribution in [0.4, 0.5) is 0 Å². The van der Waals surface area contributed by atoms with Crippen LogP contribution in [-0.2, 0) is 11.2 Å². The van der Waals surface area contributed by atoms with Crippen molar-refractivity contribution in [1.82, 2.24) is 0 Å². The van der Waals surface area contributed by atoms with Crippen LogP contribution in [0.15, 0.2) is 42.0 Å². The molecule has 1 aliphatic heterocycles. The summed E-state index contributed by atoms with van der Waals surface area (Å²) in [4.78, 5) is 14.0. The number of hydrogen-bond donors (Lipinski definition) is 1. The van der Waals surface area contributed by atoms with Crippen molar-refractivity contribution in [3.05, 3.63) is 58.7 Å². The summed E-state index contributed by atoms with van der Waals surface area (Å²) < 4.78 is 6.95. The summed E-state index contributed by atoms with van der Waals surface area (Å²) >= 11 is 0. The molecule has 208 valence electrons. The second kappa shape index (κ2) is 12.4. The minimum atomic E-state index is -0.0908. The first kappa shape index (κ1) is 28.9. The van der Waals surface area contributed by atoms with Gasteiger partial charge in [-0.1, -0.05) is 57.6 Å². The van der Waals surface area contributed by atoms with E-state index in [4.69, 9.17) is 4.74 Å². The van der Waals surface area contributed by atoms with Crippen LogP contribution >= 0.6 is 0 Å². The highest BCUT2D eigenvalue weighted by Crippen LogP contribution is 2.49. The second-order valence-corrected chi connectivity index (χ2v) is 12.8. The first-order valence-corrected chi connectivity index (χ1v) is 15.2. The van der Waals surface area contributed by atoms with Crippen molar-refractivity contribution in [3.8, 4) is 5.75 Å². The number of aryl methyl sites for hydroxylation is 1. The largest absolute Gasteiger partial charge is 0.508 e. The zero-order valence-corrected chi connectivity index (χ0v) is 24.7. The molecule has 3 aliphatic rings. The van der Waals surface area contributed by atoms with E-state index in [-0.39, 0.29) is 17.1 Å². The molecule has 1 aromatic carbocycles. The summed E-state index contributed by atoms with van der Waals surface area (Å²) in [6.45, 7) is 13.2. The highest BCUT2D eigenvalue weighted by molar-refractivity contribution is 6.01. The topological polar surface area (TPSA) is 46.5 Å². The molecule has 0 amide bonds. The Morgan fingerprint density at radius 1 is 1.05 bits per heavy atom. The third kappa shape index (κ3) is 6.71. The van der Waals surface area contributed by atoms with Gasteiger partial charge in [-0.2, -0.15) is 0 Å². The van der Waals surface area contributed by atoms with Gasteiger partial charge in [0.25, 0.3) is 0 Å². The van der Waals surface area contributed by atoms with E-state index in [2.05, 4.69) is 52.0 Å². The summed E-state index contributed by atoms with van der Waals surface area (Å²) in [6.07, 6.45) is 19.2. The lowest BCUT2D eigenvalue weighted by Gasteiger charge is -2.50. The van der Waals surface area contributed by atoms with Crippen LogP contribution < -0.4 is 0 Å². The van der Waals surface area contributed by atoms with Crippen LogP contribution in [0.25, 0.3) is 5.57 Å². The van der Waals surface area contributed by atoms with Gasteiger partial charge in [-0.3, -0.25) is 4.79 Å². The summed E-state index contributed by atoms with van der Waals surface area (Å²) in [7, 11) is 0. The monoisotopic (exact) mass is 518 g/mol. The Labute approximate surface area is 231 Å². The van der Waals surface area contributed by atoms with Gasteiger partial charge in [0.15, 0.2) is 5.78 Å². The molecule has 1 N–H and O–H groups in total. The summed E-state index contributed by atoms with van der Waals surface area (Å²) in [6, 6.07) is 3.77. The van der Waals surface area contributed by atoms with Gasteiger partial charge >= 0.3 is 0 Å². The van der Waals surface area contributed by atoms with Crippen molar-refractivity contribution in [3.63, 3.8) is 0 Å². The van der Waals surface area contributed by atoms with Crippen LogP contribution in [0, 0.1) is 23.7 Å². The van der Waals surface area contributed by atoms with Crippen LogP contribution in [0.1, 0.15) is 121 Å². The van der Waals surface area contributed by atoms with Gasteiger partial charge in [-0.05, 0) is 124 Å². The molecule has 6 atom stereocenters. The first-order chi connectivity index (χ1) is 18.1. The summed E-state index contributed by atoms with van der Waals surface area (Å²) in [5.74, 6) is 2.41. The fourth-order valence-electron chi connectivity index (χ4n) is 7.42. The molecule has 2 fully saturated rings. The second-order valence-electron chi connectivity index (χ2n) is 12.8. The van der Waals surface area contributed by atoms with Crippen molar-refractivity contribution >= 4 is 11.4 Å². The fraction of sp³-hybridized carbons (Fsp3) is 0.629. The van der Waals surface area contributed by atoms with Crippen LogP contribution in [0.2, 0.25) is 0 Å². The minimum absolute atomic E-state index is 0.0908. The molecule has 6 unspecified atom stereocenters. The number of fused-ring (bicyclic) bond motifs is 3. The van der Waals surface area contributed by atoms with E-state index >= 15 is 0 Å². The number of phenols is 1. The first-order valence-electron chi connectivity index (χ1n) is 15.2. The number of benzene rings is 1. The molecular formula is C35H50O3. The number of carbonyl (C=O) groups is 1. The number of ether oxygens (including phenoxy) is 1. The van der Waals surface area contributed by atoms with Gasteiger partial charge in [-0.25, -0.2) is 0 Å². The highest BCUT2D eigenvalue weighted by atomic mass is 16.5. The van der Waals surface area contributed by atoms with Gasteiger partial charge in [0.05, 0.1) is 11.7 Å². The smallest absolute Gasteiger partial charge is 0.163 e. The van der Waals surface area contributed by atoms with Crippen molar-refractivity contribution in [1.29, 1.82) is 0 Å². The Bertz CT molecular complexity index is 1090. The Hall–Kier alpha value is -2.13. The lowest BCUT2D eigenvalue weighted by atomic mass is 9.66. The molecule has 1 heterocycles. The molecular weight excluding hydrogens is 468 g/mol. The number of aromatic hydroxyl groups is 1. The molecule has 0 aromatic heterocycles. The third-order valence-corrected chi connectivity index (χ3v) is 9.51. The van der Waals surface area contributed by atoms with Crippen molar-refractivity contribution < 1.29 is 14.6 Å². The van der Waals surface area contributed by atoms with Gasteiger partial charge in [-0.15, -0.1) is 0 Å². The van der Waals surface area contributed by atoms with Gasteiger partial charge < -0.3 is 9.84 Å². The quantitative estimate of drug-likeness (QED) is 0.397. The van der Waals surface area contributed by atoms with Crippen molar-refractivity contribution in [2.24, 2.45) is 23.7 Å². The van der Waals surface area contributed by atoms with E-state index < -0.39 is 0 Å². The normalized spacial score (nSPS) is 33.0. The lowest BCUT2D eigenvalue weighted by molar-refractivity contribution is -0.181. The van der Waals surface area contributed by atoms with E-state index in [0.29, 0.717) is 42.6 Å². The number of Topliss-reactive ketones (excluding diaryl/α,β-unsaturated/α-hetero) is 1. The molecule has 3 heteroatoms. The zero-order chi connectivity index (χ0) is 27.4. The molecule has 1 saturated heterocycles. The molecule has 0 radical (unpaired) electrons.